The Labute approximate surface area is 150 Å². The van der Waals surface area contributed by atoms with E-state index < -0.39 is 0 Å². The molecule has 136 valence electrons. The van der Waals surface area contributed by atoms with Gasteiger partial charge in [-0.25, -0.2) is 4.98 Å². The molecule has 0 amide bonds. The fourth-order valence-electron chi connectivity index (χ4n) is 4.16. The van der Waals surface area contributed by atoms with Gasteiger partial charge in [0.1, 0.15) is 18.5 Å². The van der Waals surface area contributed by atoms with E-state index in [9.17, 15) is 4.79 Å². The maximum absolute atomic E-state index is 12.7. The van der Waals surface area contributed by atoms with Gasteiger partial charge in [0.05, 0.1) is 11.0 Å². The minimum absolute atomic E-state index is 0.0520. The molecule has 1 aromatic carbocycles. The number of carbonyl (C=O) groups is 1. The maximum Gasteiger partial charge on any atom is 0.326 e. The standard InChI is InChI=1S/C21H30N2O2/c1-5-20-22-17-8-6-7-9-18(17)23(20)13-21(24)25-19-12-15(4)10-11-16(19)14(2)3/h6-9,14-16,19H,5,10-13H2,1-4H3/t15-,16+,19-/m0/s1. The van der Waals surface area contributed by atoms with Gasteiger partial charge in [0.2, 0.25) is 0 Å². The highest BCUT2D eigenvalue weighted by Gasteiger charge is 2.33. The lowest BCUT2D eigenvalue weighted by atomic mass is 9.75. The van der Waals surface area contributed by atoms with Crippen LogP contribution in [0.25, 0.3) is 11.0 Å². The van der Waals surface area contributed by atoms with Gasteiger partial charge in [0.15, 0.2) is 0 Å². The average molecular weight is 342 g/mol. The molecule has 0 unspecified atom stereocenters. The lowest BCUT2D eigenvalue weighted by Gasteiger charge is -2.36. The molecule has 0 bridgehead atoms. The number of aryl methyl sites for hydroxylation is 1. The van der Waals surface area contributed by atoms with Crippen LogP contribution in [0, 0.1) is 17.8 Å². The van der Waals surface area contributed by atoms with Crippen LogP contribution >= 0.6 is 0 Å². The van der Waals surface area contributed by atoms with Crippen LogP contribution in [0.5, 0.6) is 0 Å². The molecule has 3 atom stereocenters. The molecule has 1 fully saturated rings. The molecule has 4 nitrogen and oxygen atoms in total. The molecule has 1 heterocycles. The molecular weight excluding hydrogens is 312 g/mol. The van der Waals surface area contributed by atoms with Crippen LogP contribution in [0.3, 0.4) is 0 Å². The molecule has 0 saturated heterocycles. The van der Waals surface area contributed by atoms with Gasteiger partial charge in [-0.3, -0.25) is 4.79 Å². The highest BCUT2D eigenvalue weighted by Crippen LogP contribution is 2.35. The van der Waals surface area contributed by atoms with E-state index in [-0.39, 0.29) is 18.6 Å². The third kappa shape index (κ3) is 3.88. The number of benzene rings is 1. The van der Waals surface area contributed by atoms with Gasteiger partial charge in [-0.2, -0.15) is 0 Å². The third-order valence-corrected chi connectivity index (χ3v) is 5.58. The zero-order valence-electron chi connectivity index (χ0n) is 15.9. The normalized spacial score (nSPS) is 24.0. The second kappa shape index (κ2) is 7.59. The first kappa shape index (κ1) is 18.0. The van der Waals surface area contributed by atoms with Gasteiger partial charge in [0.25, 0.3) is 0 Å². The van der Waals surface area contributed by atoms with Crippen LogP contribution in [0.15, 0.2) is 24.3 Å². The van der Waals surface area contributed by atoms with Crippen molar-refractivity contribution < 1.29 is 9.53 Å². The van der Waals surface area contributed by atoms with Crippen LogP contribution in [-0.4, -0.2) is 21.6 Å². The first-order valence-corrected chi connectivity index (χ1v) is 9.63. The number of carbonyl (C=O) groups excluding carboxylic acids is 1. The van der Waals surface area contributed by atoms with Gasteiger partial charge in [-0.1, -0.05) is 46.2 Å². The van der Waals surface area contributed by atoms with Crippen molar-refractivity contribution in [2.24, 2.45) is 17.8 Å². The van der Waals surface area contributed by atoms with E-state index in [0.29, 0.717) is 17.8 Å². The van der Waals surface area contributed by atoms with Crippen molar-refractivity contribution in [3.05, 3.63) is 30.1 Å². The number of para-hydroxylation sites is 2. The zero-order chi connectivity index (χ0) is 18.0. The summed E-state index contributed by atoms with van der Waals surface area (Å²) in [7, 11) is 0. The average Bonchev–Trinajstić information content (AvgIpc) is 2.92. The smallest absolute Gasteiger partial charge is 0.326 e. The number of esters is 1. The van der Waals surface area contributed by atoms with E-state index in [2.05, 4.69) is 32.7 Å². The van der Waals surface area contributed by atoms with Gasteiger partial charge in [-0.05, 0) is 42.7 Å². The minimum atomic E-state index is -0.136. The van der Waals surface area contributed by atoms with Crippen molar-refractivity contribution in [2.75, 3.05) is 0 Å². The van der Waals surface area contributed by atoms with Crippen LogP contribution < -0.4 is 0 Å². The summed E-state index contributed by atoms with van der Waals surface area (Å²) in [6, 6.07) is 7.99. The number of nitrogens with zero attached hydrogens (tertiary/aromatic N) is 2. The second-order valence-corrected chi connectivity index (χ2v) is 7.81. The lowest BCUT2D eigenvalue weighted by Crippen LogP contribution is -2.36. The SMILES string of the molecule is CCc1nc2ccccc2n1CC(=O)O[C@H]1C[C@@H](C)CC[C@@H]1C(C)C. The monoisotopic (exact) mass is 342 g/mol. The Morgan fingerprint density at radius 1 is 1.32 bits per heavy atom. The summed E-state index contributed by atoms with van der Waals surface area (Å²) in [5.41, 5.74) is 1.95. The fourth-order valence-corrected chi connectivity index (χ4v) is 4.16. The highest BCUT2D eigenvalue weighted by atomic mass is 16.5. The minimum Gasteiger partial charge on any atom is -0.461 e. The number of fused-ring (bicyclic) bond motifs is 1. The number of rotatable bonds is 5. The summed E-state index contributed by atoms with van der Waals surface area (Å²) in [5, 5.41) is 0. The molecule has 0 spiro atoms. The second-order valence-electron chi connectivity index (χ2n) is 7.81. The molecule has 0 N–H and O–H groups in total. The predicted molar refractivity (Wildman–Crippen MR) is 100 cm³/mol. The Morgan fingerprint density at radius 3 is 2.80 bits per heavy atom. The third-order valence-electron chi connectivity index (χ3n) is 5.58. The first-order chi connectivity index (χ1) is 12.0. The summed E-state index contributed by atoms with van der Waals surface area (Å²) in [4.78, 5) is 17.3. The molecule has 0 aliphatic heterocycles. The van der Waals surface area contributed by atoms with Crippen molar-refractivity contribution in [1.82, 2.24) is 9.55 Å². The molecule has 1 aromatic heterocycles. The molecule has 4 heteroatoms. The highest BCUT2D eigenvalue weighted by molar-refractivity contribution is 5.79. The van der Waals surface area contributed by atoms with Crippen LogP contribution in [0.4, 0.5) is 0 Å². The Hall–Kier alpha value is -1.84. The summed E-state index contributed by atoms with van der Waals surface area (Å²) in [6.45, 7) is 9.05. The number of hydrogen-bond donors (Lipinski definition) is 0. The fraction of sp³-hybridized carbons (Fsp3) is 0.619. The van der Waals surface area contributed by atoms with Crippen LogP contribution in [0.1, 0.15) is 52.8 Å². The van der Waals surface area contributed by atoms with Crippen molar-refractivity contribution in [2.45, 2.75) is 66.0 Å². The Balaban J connectivity index is 1.76. The van der Waals surface area contributed by atoms with E-state index >= 15 is 0 Å². The van der Waals surface area contributed by atoms with E-state index in [4.69, 9.17) is 4.74 Å². The van der Waals surface area contributed by atoms with E-state index in [1.807, 2.05) is 28.8 Å². The summed E-state index contributed by atoms with van der Waals surface area (Å²) >= 11 is 0. The van der Waals surface area contributed by atoms with Gasteiger partial charge < -0.3 is 9.30 Å². The first-order valence-electron chi connectivity index (χ1n) is 9.63. The molecule has 2 aromatic rings. The Kier molecular flexibility index (Phi) is 5.45. The summed E-state index contributed by atoms with van der Waals surface area (Å²) < 4.78 is 7.98. The maximum atomic E-state index is 12.7. The van der Waals surface area contributed by atoms with Crippen molar-refractivity contribution in [3.8, 4) is 0 Å². The predicted octanol–water partition coefficient (Wildman–Crippen LogP) is 4.60. The Morgan fingerprint density at radius 2 is 2.08 bits per heavy atom. The molecule has 1 saturated carbocycles. The molecule has 1 aliphatic carbocycles. The lowest BCUT2D eigenvalue weighted by molar-refractivity contribution is -0.156. The number of aromatic nitrogens is 2. The van der Waals surface area contributed by atoms with Crippen LogP contribution in [0.2, 0.25) is 0 Å². The molecule has 0 radical (unpaired) electrons. The number of imidazole rings is 1. The zero-order valence-corrected chi connectivity index (χ0v) is 15.9. The van der Waals surface area contributed by atoms with E-state index in [1.54, 1.807) is 0 Å². The number of hydrogen-bond acceptors (Lipinski definition) is 3. The van der Waals surface area contributed by atoms with Gasteiger partial charge in [-0.15, -0.1) is 0 Å². The number of ether oxygens (including phenoxy) is 1. The molecule has 3 rings (SSSR count). The quantitative estimate of drug-likeness (QED) is 0.746. The van der Waals surface area contributed by atoms with Gasteiger partial charge >= 0.3 is 5.97 Å². The molecular formula is C21H30N2O2. The summed E-state index contributed by atoms with van der Waals surface area (Å²) in [5.74, 6) is 2.46. The van der Waals surface area contributed by atoms with Gasteiger partial charge in [0, 0.05) is 6.42 Å². The van der Waals surface area contributed by atoms with E-state index in [1.165, 1.54) is 6.42 Å². The van der Waals surface area contributed by atoms with Crippen molar-refractivity contribution >= 4 is 17.0 Å². The van der Waals surface area contributed by atoms with Crippen molar-refractivity contribution in [3.63, 3.8) is 0 Å². The Bertz CT molecular complexity index is 735. The summed E-state index contributed by atoms with van der Waals surface area (Å²) in [6.07, 6.45) is 4.24. The molecule has 1 aliphatic rings. The van der Waals surface area contributed by atoms with E-state index in [0.717, 1.165) is 36.1 Å². The van der Waals surface area contributed by atoms with Crippen molar-refractivity contribution in [1.29, 1.82) is 0 Å². The molecule has 25 heavy (non-hydrogen) atoms. The van der Waals surface area contributed by atoms with Crippen LogP contribution in [-0.2, 0) is 22.5 Å². The largest absolute Gasteiger partial charge is 0.461 e. The topological polar surface area (TPSA) is 44.1 Å².